The quantitative estimate of drug-likeness (QED) is 0.905. The number of halogens is 1. The summed E-state index contributed by atoms with van der Waals surface area (Å²) in [5.41, 5.74) is 6.87. The zero-order valence-corrected chi connectivity index (χ0v) is 14.1. The van der Waals surface area contributed by atoms with Crippen LogP contribution in [0.15, 0.2) is 30.3 Å². The highest BCUT2D eigenvalue weighted by molar-refractivity contribution is 5.85. The molecule has 0 spiro atoms. The van der Waals surface area contributed by atoms with Gasteiger partial charge in [0.05, 0.1) is 18.6 Å². The van der Waals surface area contributed by atoms with E-state index in [1.54, 1.807) is 7.11 Å². The fraction of sp³-hybridized carbons (Fsp3) is 0.588. The molecule has 0 bridgehead atoms. The molecular formula is C17H27ClN2O2. The highest BCUT2D eigenvalue weighted by Crippen LogP contribution is 2.30. The number of carbonyl (C=O) groups is 1. The second kappa shape index (κ2) is 9.82. The van der Waals surface area contributed by atoms with Crippen LogP contribution in [0.3, 0.4) is 0 Å². The van der Waals surface area contributed by atoms with Crippen molar-refractivity contribution in [1.29, 1.82) is 0 Å². The van der Waals surface area contributed by atoms with Gasteiger partial charge in [0.2, 0.25) is 5.91 Å². The molecule has 1 aromatic rings. The van der Waals surface area contributed by atoms with Crippen molar-refractivity contribution in [2.75, 3.05) is 20.2 Å². The summed E-state index contributed by atoms with van der Waals surface area (Å²) in [6.07, 6.45) is 4.67. The highest BCUT2D eigenvalue weighted by atomic mass is 35.5. The van der Waals surface area contributed by atoms with Gasteiger partial charge < -0.3 is 15.4 Å². The number of hydrogen-bond donors (Lipinski definition) is 1. The van der Waals surface area contributed by atoms with Crippen LogP contribution in [0.2, 0.25) is 0 Å². The Morgan fingerprint density at radius 2 is 2.05 bits per heavy atom. The molecule has 124 valence electrons. The summed E-state index contributed by atoms with van der Waals surface area (Å²) in [6.45, 7) is 1.21. The zero-order chi connectivity index (χ0) is 15.1. The molecular weight excluding hydrogens is 300 g/mol. The maximum atomic E-state index is 12.7. The number of likely N-dealkylation sites (tertiary alicyclic amines) is 1. The Morgan fingerprint density at radius 3 is 2.68 bits per heavy atom. The molecule has 2 rings (SSSR count). The zero-order valence-electron chi connectivity index (χ0n) is 13.2. The van der Waals surface area contributed by atoms with Gasteiger partial charge in [-0.3, -0.25) is 4.79 Å². The summed E-state index contributed by atoms with van der Waals surface area (Å²) in [5, 5.41) is 0. The lowest BCUT2D eigenvalue weighted by atomic mass is 10.0. The van der Waals surface area contributed by atoms with Gasteiger partial charge in [0.15, 0.2) is 0 Å². The second-order valence-electron chi connectivity index (χ2n) is 5.66. The Labute approximate surface area is 139 Å². The van der Waals surface area contributed by atoms with Crippen molar-refractivity contribution >= 4 is 18.3 Å². The average molecular weight is 327 g/mol. The minimum Gasteiger partial charge on any atom is -0.380 e. The van der Waals surface area contributed by atoms with Crippen LogP contribution in [-0.2, 0) is 9.53 Å². The van der Waals surface area contributed by atoms with Crippen LogP contribution in [0.5, 0.6) is 0 Å². The third-order valence-corrected chi connectivity index (χ3v) is 4.26. The first-order valence-electron chi connectivity index (χ1n) is 7.83. The molecule has 1 saturated heterocycles. The lowest BCUT2D eigenvalue weighted by Crippen LogP contribution is -2.38. The monoisotopic (exact) mass is 326 g/mol. The van der Waals surface area contributed by atoms with E-state index in [0.717, 1.165) is 19.4 Å². The molecule has 2 unspecified atom stereocenters. The summed E-state index contributed by atoms with van der Waals surface area (Å²) in [5.74, 6) is 0.156. The predicted octanol–water partition coefficient (Wildman–Crippen LogP) is 2.92. The van der Waals surface area contributed by atoms with Gasteiger partial charge in [-0.15, -0.1) is 12.4 Å². The number of rotatable bonds is 5. The van der Waals surface area contributed by atoms with E-state index >= 15 is 0 Å². The molecule has 22 heavy (non-hydrogen) atoms. The van der Waals surface area contributed by atoms with Gasteiger partial charge in [-0.1, -0.05) is 43.2 Å². The van der Waals surface area contributed by atoms with Crippen molar-refractivity contribution < 1.29 is 9.53 Å². The summed E-state index contributed by atoms with van der Waals surface area (Å²) >= 11 is 0. The predicted molar refractivity (Wildman–Crippen MR) is 91.1 cm³/mol. The van der Waals surface area contributed by atoms with E-state index in [9.17, 15) is 4.79 Å². The minimum absolute atomic E-state index is 0. The van der Waals surface area contributed by atoms with Crippen LogP contribution in [0, 0.1) is 0 Å². The fourth-order valence-electron chi connectivity index (χ4n) is 3.00. The minimum atomic E-state index is -0.183. The molecule has 2 N–H and O–H groups in total. The Hall–Kier alpha value is -1.10. The van der Waals surface area contributed by atoms with Crippen LogP contribution < -0.4 is 5.73 Å². The molecule has 1 aromatic carbocycles. The van der Waals surface area contributed by atoms with E-state index in [1.165, 1.54) is 18.4 Å². The largest absolute Gasteiger partial charge is 0.380 e. The highest BCUT2D eigenvalue weighted by Gasteiger charge is 2.27. The Balaban J connectivity index is 0.00000242. The number of hydrogen-bond acceptors (Lipinski definition) is 3. The Bertz CT molecular complexity index is 438. The molecule has 1 aliphatic rings. The van der Waals surface area contributed by atoms with Crippen LogP contribution in [0.4, 0.5) is 0 Å². The second-order valence-corrected chi connectivity index (χ2v) is 5.66. The molecule has 0 aliphatic carbocycles. The maximum absolute atomic E-state index is 12.7. The molecule has 1 heterocycles. The van der Waals surface area contributed by atoms with Gasteiger partial charge in [-0.25, -0.2) is 0 Å². The summed E-state index contributed by atoms with van der Waals surface area (Å²) in [4.78, 5) is 14.7. The molecule has 1 amide bonds. The third kappa shape index (κ3) is 4.97. The number of nitrogens with zero attached hydrogens (tertiary/aromatic N) is 1. The van der Waals surface area contributed by atoms with Crippen molar-refractivity contribution in [3.05, 3.63) is 35.9 Å². The maximum Gasteiger partial charge on any atom is 0.225 e. The van der Waals surface area contributed by atoms with Crippen LogP contribution in [0.1, 0.15) is 43.7 Å². The fourth-order valence-corrected chi connectivity index (χ4v) is 3.00. The molecule has 1 fully saturated rings. The molecule has 1 aliphatic heterocycles. The van der Waals surface area contributed by atoms with Gasteiger partial charge >= 0.3 is 0 Å². The normalized spacial score (nSPS) is 19.9. The molecule has 0 radical (unpaired) electrons. The van der Waals surface area contributed by atoms with Gasteiger partial charge in [-0.2, -0.15) is 0 Å². The standard InChI is InChI=1S/C17H26N2O2.ClH/c1-21-15(13-18)12-17(20)19-11-7-3-6-10-16(19)14-8-4-2-5-9-14;/h2,4-5,8-9,15-16H,3,6-7,10-13,18H2,1H3;1H. The molecule has 0 aromatic heterocycles. The number of ether oxygens (including phenoxy) is 1. The number of nitrogens with two attached hydrogens (primary N) is 1. The van der Waals surface area contributed by atoms with E-state index in [4.69, 9.17) is 10.5 Å². The number of amides is 1. The lowest BCUT2D eigenvalue weighted by Gasteiger charge is -2.31. The SMILES string of the molecule is COC(CN)CC(=O)N1CCCCCC1c1ccccc1.Cl. The third-order valence-electron chi connectivity index (χ3n) is 4.26. The first-order valence-corrected chi connectivity index (χ1v) is 7.83. The first-order chi connectivity index (χ1) is 10.3. The molecule has 5 heteroatoms. The average Bonchev–Trinajstić information content (AvgIpc) is 2.79. The van der Waals surface area contributed by atoms with Crippen LogP contribution >= 0.6 is 12.4 Å². The lowest BCUT2D eigenvalue weighted by molar-refractivity contribution is -0.136. The summed E-state index contributed by atoms with van der Waals surface area (Å²) in [6, 6.07) is 10.5. The van der Waals surface area contributed by atoms with Crippen LogP contribution in [0.25, 0.3) is 0 Å². The summed E-state index contributed by atoms with van der Waals surface area (Å²) < 4.78 is 5.26. The van der Waals surface area contributed by atoms with E-state index in [1.807, 2.05) is 23.1 Å². The number of carbonyl (C=O) groups excluding carboxylic acids is 1. The van der Waals surface area contributed by atoms with Crippen molar-refractivity contribution in [3.8, 4) is 0 Å². The van der Waals surface area contributed by atoms with E-state index in [0.29, 0.717) is 13.0 Å². The molecule has 4 nitrogen and oxygen atoms in total. The van der Waals surface area contributed by atoms with Crippen molar-refractivity contribution in [3.63, 3.8) is 0 Å². The van der Waals surface area contributed by atoms with Crippen molar-refractivity contribution in [2.24, 2.45) is 5.73 Å². The first kappa shape index (κ1) is 18.9. The van der Waals surface area contributed by atoms with Gasteiger partial charge in [0.25, 0.3) is 0 Å². The molecule has 2 atom stereocenters. The molecule has 0 saturated carbocycles. The number of methoxy groups -OCH3 is 1. The van der Waals surface area contributed by atoms with E-state index < -0.39 is 0 Å². The van der Waals surface area contributed by atoms with Gasteiger partial charge in [0, 0.05) is 20.2 Å². The van der Waals surface area contributed by atoms with E-state index in [2.05, 4.69) is 12.1 Å². The Kier molecular flexibility index (Phi) is 8.46. The van der Waals surface area contributed by atoms with Crippen LogP contribution in [-0.4, -0.2) is 37.1 Å². The van der Waals surface area contributed by atoms with E-state index in [-0.39, 0.29) is 30.5 Å². The summed E-state index contributed by atoms with van der Waals surface area (Å²) in [7, 11) is 1.61. The Morgan fingerprint density at radius 1 is 1.32 bits per heavy atom. The van der Waals surface area contributed by atoms with Gasteiger partial charge in [0.1, 0.15) is 0 Å². The topological polar surface area (TPSA) is 55.6 Å². The number of benzene rings is 1. The van der Waals surface area contributed by atoms with Crippen molar-refractivity contribution in [1.82, 2.24) is 4.90 Å². The smallest absolute Gasteiger partial charge is 0.225 e. The van der Waals surface area contributed by atoms with Crippen molar-refractivity contribution in [2.45, 2.75) is 44.2 Å². The van der Waals surface area contributed by atoms with Gasteiger partial charge in [-0.05, 0) is 18.4 Å².